The van der Waals surface area contributed by atoms with Gasteiger partial charge in [-0.3, -0.25) is 9.59 Å². The molecule has 1 aromatic heterocycles. The van der Waals surface area contributed by atoms with E-state index in [0.29, 0.717) is 18.5 Å². The molecule has 3 rings (SSSR count). The number of carbonyl (C=O) groups is 2. The van der Waals surface area contributed by atoms with E-state index in [1.165, 1.54) is 16.9 Å². The quantitative estimate of drug-likeness (QED) is 0.943. The molecule has 4 nitrogen and oxygen atoms in total. The lowest BCUT2D eigenvalue weighted by Gasteiger charge is -2.17. The van der Waals surface area contributed by atoms with Gasteiger partial charge in [0.25, 0.3) is 5.91 Å². The minimum atomic E-state index is -0.120. The van der Waals surface area contributed by atoms with Gasteiger partial charge in [0.1, 0.15) is 0 Å². The Labute approximate surface area is 127 Å². The van der Waals surface area contributed by atoms with E-state index in [-0.39, 0.29) is 11.8 Å². The number of thiophene rings is 1. The van der Waals surface area contributed by atoms with Crippen LogP contribution in [0.5, 0.6) is 0 Å². The van der Waals surface area contributed by atoms with Crippen molar-refractivity contribution >= 4 is 28.8 Å². The number of hydrogen-bond donors (Lipinski definition) is 1. The zero-order valence-corrected chi connectivity index (χ0v) is 12.4. The highest BCUT2D eigenvalue weighted by molar-refractivity contribution is 7.08. The summed E-state index contributed by atoms with van der Waals surface area (Å²) in [6.07, 6.45) is 1.23. The molecule has 1 N–H and O–H groups in total. The van der Waals surface area contributed by atoms with Gasteiger partial charge in [-0.05, 0) is 29.5 Å². The number of benzene rings is 1. The molecule has 21 heavy (non-hydrogen) atoms. The second kappa shape index (κ2) is 6.10. The lowest BCUT2D eigenvalue weighted by Crippen LogP contribution is -2.33. The first-order valence-corrected chi connectivity index (χ1v) is 7.88. The molecule has 0 spiro atoms. The summed E-state index contributed by atoms with van der Waals surface area (Å²) >= 11 is 1.48. The summed E-state index contributed by atoms with van der Waals surface area (Å²) in [7, 11) is 0. The maximum absolute atomic E-state index is 12.3. The Bertz CT molecular complexity index is 652. The zero-order chi connectivity index (χ0) is 14.7. The Morgan fingerprint density at radius 2 is 2.10 bits per heavy atom. The van der Waals surface area contributed by atoms with Gasteiger partial charge in [0.2, 0.25) is 5.91 Å². The molecule has 1 aliphatic heterocycles. The smallest absolute Gasteiger partial charge is 0.252 e. The maximum Gasteiger partial charge on any atom is 0.252 e. The highest BCUT2D eigenvalue weighted by atomic mass is 32.1. The molecule has 0 saturated heterocycles. The van der Waals surface area contributed by atoms with Crippen LogP contribution in [0.3, 0.4) is 0 Å². The summed E-state index contributed by atoms with van der Waals surface area (Å²) in [4.78, 5) is 25.8. The SMILES string of the molecule is O=C(NCCC(=O)N1CCc2ccccc21)c1ccsc1. The van der Waals surface area contributed by atoms with Crippen LogP contribution in [0.4, 0.5) is 5.69 Å². The maximum atomic E-state index is 12.3. The molecule has 0 unspecified atom stereocenters. The van der Waals surface area contributed by atoms with Gasteiger partial charge in [0.05, 0.1) is 0 Å². The number of nitrogens with zero attached hydrogens (tertiary/aromatic N) is 1. The van der Waals surface area contributed by atoms with Gasteiger partial charge >= 0.3 is 0 Å². The Balaban J connectivity index is 1.53. The molecule has 0 atom stereocenters. The molecular weight excluding hydrogens is 284 g/mol. The van der Waals surface area contributed by atoms with Crippen LogP contribution in [-0.4, -0.2) is 24.9 Å². The number of nitrogens with one attached hydrogen (secondary N) is 1. The van der Waals surface area contributed by atoms with Crippen molar-refractivity contribution in [3.05, 3.63) is 52.2 Å². The van der Waals surface area contributed by atoms with Crippen LogP contribution in [0.2, 0.25) is 0 Å². The van der Waals surface area contributed by atoms with Gasteiger partial charge in [-0.15, -0.1) is 0 Å². The van der Waals surface area contributed by atoms with Crippen LogP contribution in [0.25, 0.3) is 0 Å². The predicted molar refractivity (Wildman–Crippen MR) is 83.8 cm³/mol. The molecule has 2 amide bonds. The van der Waals surface area contributed by atoms with E-state index >= 15 is 0 Å². The van der Waals surface area contributed by atoms with Gasteiger partial charge in [-0.25, -0.2) is 0 Å². The summed E-state index contributed by atoms with van der Waals surface area (Å²) in [6, 6.07) is 9.75. The highest BCUT2D eigenvalue weighted by Crippen LogP contribution is 2.27. The lowest BCUT2D eigenvalue weighted by atomic mass is 10.2. The van der Waals surface area contributed by atoms with E-state index in [1.807, 2.05) is 28.5 Å². The number of amides is 2. The summed E-state index contributed by atoms with van der Waals surface area (Å²) in [5.74, 6) is -0.0589. The van der Waals surface area contributed by atoms with Crippen molar-refractivity contribution in [1.29, 1.82) is 0 Å². The van der Waals surface area contributed by atoms with Crippen LogP contribution in [0.15, 0.2) is 41.1 Å². The van der Waals surface area contributed by atoms with Gasteiger partial charge in [-0.1, -0.05) is 18.2 Å². The molecule has 1 aromatic carbocycles. The average Bonchev–Trinajstić information content (AvgIpc) is 3.16. The second-order valence-electron chi connectivity index (χ2n) is 4.94. The zero-order valence-electron chi connectivity index (χ0n) is 11.5. The highest BCUT2D eigenvalue weighted by Gasteiger charge is 2.23. The fraction of sp³-hybridized carbons (Fsp3) is 0.250. The third-order valence-electron chi connectivity index (χ3n) is 3.60. The third kappa shape index (κ3) is 2.97. The van der Waals surface area contributed by atoms with E-state index in [9.17, 15) is 9.59 Å². The van der Waals surface area contributed by atoms with Gasteiger partial charge in [-0.2, -0.15) is 11.3 Å². The van der Waals surface area contributed by atoms with E-state index in [2.05, 4.69) is 11.4 Å². The first kappa shape index (κ1) is 13.8. The second-order valence-corrected chi connectivity index (χ2v) is 5.72. The summed E-state index contributed by atoms with van der Waals surface area (Å²) in [5.41, 5.74) is 2.87. The number of hydrogen-bond acceptors (Lipinski definition) is 3. The third-order valence-corrected chi connectivity index (χ3v) is 4.28. The van der Waals surface area contributed by atoms with Crippen molar-refractivity contribution in [2.75, 3.05) is 18.0 Å². The van der Waals surface area contributed by atoms with E-state index in [1.54, 1.807) is 11.4 Å². The van der Waals surface area contributed by atoms with Crippen LogP contribution in [0.1, 0.15) is 22.3 Å². The van der Waals surface area contributed by atoms with Gasteiger partial charge in [0.15, 0.2) is 0 Å². The average molecular weight is 300 g/mol. The molecular formula is C16H16N2O2S. The Morgan fingerprint density at radius 3 is 2.90 bits per heavy atom. The fourth-order valence-corrected chi connectivity index (χ4v) is 3.15. The standard InChI is InChI=1S/C16H16N2O2S/c19-15(5-8-17-16(20)13-7-10-21-11-13)18-9-6-12-3-1-2-4-14(12)18/h1-4,7,10-11H,5-6,8-9H2,(H,17,20). The van der Waals surface area contributed by atoms with Crippen molar-refractivity contribution in [3.63, 3.8) is 0 Å². The van der Waals surface area contributed by atoms with Gasteiger partial charge in [0, 0.05) is 36.1 Å². The summed E-state index contributed by atoms with van der Waals surface area (Å²) in [6.45, 7) is 1.10. The number of carbonyl (C=O) groups excluding carboxylic acids is 2. The number of anilines is 1. The largest absolute Gasteiger partial charge is 0.351 e. The number of para-hydroxylation sites is 1. The Morgan fingerprint density at radius 1 is 1.24 bits per heavy atom. The van der Waals surface area contributed by atoms with E-state index < -0.39 is 0 Å². The molecule has 2 aromatic rings. The minimum absolute atomic E-state index is 0.0607. The predicted octanol–water partition coefficient (Wildman–Crippen LogP) is 2.46. The number of rotatable bonds is 4. The monoisotopic (exact) mass is 300 g/mol. The van der Waals surface area contributed by atoms with Crippen LogP contribution in [0, 0.1) is 0 Å². The first-order chi connectivity index (χ1) is 10.3. The normalized spacial score (nSPS) is 13.0. The molecule has 0 saturated carbocycles. The molecule has 108 valence electrons. The Hall–Kier alpha value is -2.14. The van der Waals surface area contributed by atoms with E-state index in [4.69, 9.17) is 0 Å². The Kier molecular flexibility index (Phi) is 4.01. The first-order valence-electron chi connectivity index (χ1n) is 6.94. The number of fused-ring (bicyclic) bond motifs is 1. The minimum Gasteiger partial charge on any atom is -0.351 e. The van der Waals surface area contributed by atoms with E-state index in [0.717, 1.165) is 18.7 Å². The van der Waals surface area contributed by atoms with Crippen LogP contribution in [-0.2, 0) is 11.2 Å². The van der Waals surface area contributed by atoms with Crippen molar-refractivity contribution in [3.8, 4) is 0 Å². The molecule has 1 aliphatic rings. The molecule has 0 aliphatic carbocycles. The van der Waals surface area contributed by atoms with Crippen LogP contribution < -0.4 is 10.2 Å². The molecule has 2 heterocycles. The molecule has 5 heteroatoms. The van der Waals surface area contributed by atoms with Gasteiger partial charge < -0.3 is 10.2 Å². The van der Waals surface area contributed by atoms with Crippen molar-refractivity contribution in [1.82, 2.24) is 5.32 Å². The van der Waals surface area contributed by atoms with Crippen molar-refractivity contribution < 1.29 is 9.59 Å². The van der Waals surface area contributed by atoms with Crippen molar-refractivity contribution in [2.45, 2.75) is 12.8 Å². The molecule has 0 bridgehead atoms. The molecule has 0 radical (unpaired) electrons. The molecule has 0 fully saturated rings. The summed E-state index contributed by atoms with van der Waals surface area (Å²) in [5, 5.41) is 6.45. The topological polar surface area (TPSA) is 49.4 Å². The van der Waals surface area contributed by atoms with Crippen molar-refractivity contribution in [2.24, 2.45) is 0 Å². The fourth-order valence-electron chi connectivity index (χ4n) is 2.51. The van der Waals surface area contributed by atoms with Crippen LogP contribution >= 0.6 is 11.3 Å². The lowest BCUT2D eigenvalue weighted by molar-refractivity contribution is -0.118. The summed E-state index contributed by atoms with van der Waals surface area (Å²) < 4.78 is 0.